The van der Waals surface area contributed by atoms with Crippen LogP contribution in [0.25, 0.3) is 66.1 Å². The number of para-hydroxylation sites is 4. The van der Waals surface area contributed by atoms with E-state index < -0.39 is 0 Å². The van der Waals surface area contributed by atoms with Crippen LogP contribution in [0.15, 0.2) is 133 Å². The Labute approximate surface area is 242 Å². The van der Waals surface area contributed by atoms with Gasteiger partial charge >= 0.3 is 0 Å². The van der Waals surface area contributed by atoms with Crippen LogP contribution in [0.2, 0.25) is 0 Å². The Kier molecular flexibility index (Phi) is 5.22. The summed E-state index contributed by atoms with van der Waals surface area (Å²) in [5, 5.41) is 24.3. The minimum atomic E-state index is 0.614. The van der Waals surface area contributed by atoms with E-state index >= 15 is 0 Å². The van der Waals surface area contributed by atoms with Gasteiger partial charge in [0.15, 0.2) is 0 Å². The highest BCUT2D eigenvalue weighted by molar-refractivity contribution is 6.11. The number of hydrogen-bond donors (Lipinski definition) is 0. The van der Waals surface area contributed by atoms with Gasteiger partial charge in [0.1, 0.15) is 6.07 Å². The second-order valence-electron chi connectivity index (χ2n) is 10.4. The van der Waals surface area contributed by atoms with Crippen molar-refractivity contribution in [2.75, 3.05) is 0 Å². The smallest absolute Gasteiger partial charge is 0.101 e. The highest BCUT2D eigenvalue weighted by Gasteiger charge is 2.19. The van der Waals surface area contributed by atoms with Gasteiger partial charge in [-0.15, -0.1) is 0 Å². The number of benzene rings is 6. The summed E-state index contributed by atoms with van der Waals surface area (Å²) < 4.78 is 4.48. The van der Waals surface area contributed by atoms with Crippen LogP contribution >= 0.6 is 0 Å². The van der Waals surface area contributed by atoms with Crippen molar-refractivity contribution < 1.29 is 0 Å². The minimum Gasteiger partial charge on any atom is -0.309 e. The first-order valence-corrected chi connectivity index (χ1v) is 13.8. The number of rotatable bonds is 3. The molecule has 0 bridgehead atoms. The maximum Gasteiger partial charge on any atom is 0.101 e. The number of nitrogens with zero attached hydrogens (tertiary/aromatic N) is 4. The summed E-state index contributed by atoms with van der Waals surface area (Å²) in [6.45, 7) is 0. The van der Waals surface area contributed by atoms with Crippen molar-refractivity contribution in [1.82, 2.24) is 9.13 Å². The average molecular weight is 535 g/mol. The van der Waals surface area contributed by atoms with Gasteiger partial charge in [-0.3, -0.25) is 0 Å². The summed E-state index contributed by atoms with van der Waals surface area (Å²) in [7, 11) is 0. The van der Waals surface area contributed by atoms with Crippen LogP contribution in [0.3, 0.4) is 0 Å². The highest BCUT2D eigenvalue weighted by Crippen LogP contribution is 2.39. The van der Waals surface area contributed by atoms with Crippen molar-refractivity contribution in [3.8, 4) is 34.6 Å². The second-order valence-corrected chi connectivity index (χ2v) is 10.4. The first-order chi connectivity index (χ1) is 20.8. The van der Waals surface area contributed by atoms with Gasteiger partial charge in [-0.05, 0) is 60.2 Å². The molecule has 0 spiro atoms. The Morgan fingerprint density at radius 2 is 0.976 bits per heavy atom. The highest BCUT2D eigenvalue weighted by atomic mass is 15.0. The van der Waals surface area contributed by atoms with Gasteiger partial charge in [-0.25, -0.2) is 0 Å². The molecular weight excluding hydrogens is 512 g/mol. The molecule has 4 heteroatoms. The number of aromatic nitrogens is 2. The third kappa shape index (κ3) is 3.40. The molecule has 0 saturated carbocycles. The molecule has 0 fully saturated rings. The molecule has 2 heterocycles. The fraction of sp³-hybridized carbons (Fsp3) is 0. The molecule has 8 aromatic rings. The lowest BCUT2D eigenvalue weighted by Crippen LogP contribution is -2.00. The molecule has 0 aliphatic carbocycles. The fourth-order valence-electron chi connectivity index (χ4n) is 6.38. The van der Waals surface area contributed by atoms with Crippen molar-refractivity contribution in [2.45, 2.75) is 0 Å². The van der Waals surface area contributed by atoms with Crippen molar-refractivity contribution in [1.29, 1.82) is 10.5 Å². The molecule has 0 radical (unpaired) electrons. The predicted molar refractivity (Wildman–Crippen MR) is 170 cm³/mol. The van der Waals surface area contributed by atoms with Crippen LogP contribution in [-0.2, 0) is 0 Å². The molecule has 42 heavy (non-hydrogen) atoms. The van der Waals surface area contributed by atoms with Crippen molar-refractivity contribution in [3.05, 3.63) is 145 Å². The maximum absolute atomic E-state index is 10.2. The van der Waals surface area contributed by atoms with Crippen LogP contribution in [0.1, 0.15) is 11.1 Å². The molecular formula is C38H22N4. The van der Waals surface area contributed by atoms with Crippen molar-refractivity contribution in [3.63, 3.8) is 0 Å². The monoisotopic (exact) mass is 534 g/mol. The second kappa shape index (κ2) is 9.24. The van der Waals surface area contributed by atoms with Gasteiger partial charge in [0.2, 0.25) is 0 Å². The summed E-state index contributed by atoms with van der Waals surface area (Å²) in [4.78, 5) is 0. The van der Waals surface area contributed by atoms with E-state index in [1.165, 1.54) is 0 Å². The molecule has 2 aromatic heterocycles. The molecule has 0 atom stereocenters. The maximum atomic E-state index is 10.2. The number of hydrogen-bond acceptors (Lipinski definition) is 2. The van der Waals surface area contributed by atoms with Gasteiger partial charge in [-0.2, -0.15) is 10.5 Å². The Bertz CT molecular complexity index is 2390. The Morgan fingerprint density at radius 3 is 1.62 bits per heavy atom. The van der Waals surface area contributed by atoms with E-state index in [1.54, 1.807) is 0 Å². The van der Waals surface area contributed by atoms with E-state index in [0.717, 1.165) is 66.1 Å². The molecule has 0 saturated heterocycles. The van der Waals surface area contributed by atoms with Gasteiger partial charge in [0, 0.05) is 27.1 Å². The lowest BCUT2D eigenvalue weighted by Gasteiger charge is -2.16. The van der Waals surface area contributed by atoms with Crippen LogP contribution < -0.4 is 0 Å². The normalized spacial score (nSPS) is 11.3. The standard InChI is InChI=1S/C38H22N4/c39-23-25-17-20-37-32(21-25)31-12-4-8-16-36(31)41(37)33-13-5-1-9-28(33)26-18-19-27(24-40)38(22-26)42-34-14-6-2-10-29(34)30-11-3-7-15-35(30)42/h1-22H. The molecule has 4 nitrogen and oxygen atoms in total. The summed E-state index contributed by atoms with van der Waals surface area (Å²) in [6, 6.07) is 50.1. The zero-order valence-corrected chi connectivity index (χ0v) is 22.5. The lowest BCUT2D eigenvalue weighted by atomic mass is 10.00. The molecule has 0 N–H and O–H groups in total. The van der Waals surface area contributed by atoms with Crippen LogP contribution in [0, 0.1) is 22.7 Å². The third-order valence-electron chi connectivity index (χ3n) is 8.20. The Balaban J connectivity index is 1.42. The molecule has 0 unspecified atom stereocenters. The Hall–Kier alpha value is -6.10. The summed E-state index contributed by atoms with van der Waals surface area (Å²) >= 11 is 0. The fourth-order valence-corrected chi connectivity index (χ4v) is 6.38. The quantitative estimate of drug-likeness (QED) is 0.227. The summed E-state index contributed by atoms with van der Waals surface area (Å²) in [6.07, 6.45) is 0. The van der Waals surface area contributed by atoms with E-state index in [-0.39, 0.29) is 0 Å². The average Bonchev–Trinajstić information content (AvgIpc) is 3.57. The molecule has 6 aromatic carbocycles. The van der Waals surface area contributed by atoms with Crippen LogP contribution in [0.4, 0.5) is 0 Å². The van der Waals surface area contributed by atoms with E-state index in [2.05, 4.69) is 100 Å². The van der Waals surface area contributed by atoms with Crippen molar-refractivity contribution >= 4 is 43.6 Å². The van der Waals surface area contributed by atoms with Gasteiger partial charge < -0.3 is 9.13 Å². The zero-order valence-electron chi connectivity index (χ0n) is 22.5. The van der Waals surface area contributed by atoms with E-state index in [0.29, 0.717) is 11.1 Å². The van der Waals surface area contributed by atoms with Crippen LogP contribution in [0.5, 0.6) is 0 Å². The first kappa shape index (κ1) is 23.8. The van der Waals surface area contributed by atoms with E-state index in [9.17, 15) is 10.5 Å². The number of nitriles is 2. The predicted octanol–water partition coefficient (Wildman–Crippen LogP) is 9.29. The molecule has 8 rings (SSSR count). The van der Waals surface area contributed by atoms with E-state index in [1.807, 2.05) is 54.6 Å². The molecule has 0 aliphatic rings. The lowest BCUT2D eigenvalue weighted by molar-refractivity contribution is 1.16. The number of fused-ring (bicyclic) bond motifs is 6. The third-order valence-corrected chi connectivity index (χ3v) is 8.20. The molecule has 0 amide bonds. The topological polar surface area (TPSA) is 57.4 Å². The van der Waals surface area contributed by atoms with Crippen LogP contribution in [-0.4, -0.2) is 9.13 Å². The summed E-state index contributed by atoms with van der Waals surface area (Å²) in [5.41, 5.74) is 9.45. The van der Waals surface area contributed by atoms with Gasteiger partial charge in [0.25, 0.3) is 0 Å². The largest absolute Gasteiger partial charge is 0.309 e. The zero-order chi connectivity index (χ0) is 28.2. The molecule has 0 aliphatic heterocycles. The van der Waals surface area contributed by atoms with Gasteiger partial charge in [-0.1, -0.05) is 78.9 Å². The molecule has 194 valence electrons. The van der Waals surface area contributed by atoms with E-state index in [4.69, 9.17) is 0 Å². The minimum absolute atomic E-state index is 0.614. The summed E-state index contributed by atoms with van der Waals surface area (Å²) in [5.74, 6) is 0. The SMILES string of the molecule is N#Cc1ccc2c(c1)c1ccccc1n2-c1ccccc1-c1ccc(C#N)c(-n2c3ccccc3c3ccccc32)c1. The van der Waals surface area contributed by atoms with Crippen molar-refractivity contribution in [2.24, 2.45) is 0 Å². The van der Waals surface area contributed by atoms with Gasteiger partial charge in [0.05, 0.1) is 50.6 Å². The Morgan fingerprint density at radius 1 is 0.429 bits per heavy atom. The first-order valence-electron chi connectivity index (χ1n) is 13.8.